The number of carbonyl (C=O) groups is 2. The minimum atomic E-state index is -1.12. The van der Waals surface area contributed by atoms with Crippen molar-refractivity contribution < 1.29 is 14.7 Å². The van der Waals surface area contributed by atoms with Gasteiger partial charge in [-0.25, -0.2) is 0 Å². The van der Waals surface area contributed by atoms with Gasteiger partial charge in [0.05, 0.1) is 0 Å². The molecule has 1 aliphatic carbocycles. The van der Waals surface area contributed by atoms with Crippen LogP contribution in [0.4, 0.5) is 4.79 Å². The summed E-state index contributed by atoms with van der Waals surface area (Å²) >= 11 is 0. The monoisotopic (exact) mass is 154 g/mol. The van der Waals surface area contributed by atoms with E-state index in [9.17, 15) is 14.7 Å². The highest BCUT2D eigenvalue weighted by Crippen LogP contribution is 2.45. The lowest BCUT2D eigenvalue weighted by Crippen LogP contribution is -2.66. The van der Waals surface area contributed by atoms with Gasteiger partial charge < -0.3 is 14.8 Å². The van der Waals surface area contributed by atoms with Crippen molar-refractivity contribution in [3.05, 3.63) is 0 Å². The highest BCUT2D eigenvalue weighted by Gasteiger charge is 2.51. The summed E-state index contributed by atoms with van der Waals surface area (Å²) in [5.74, 6) is 0.253. The first-order valence-electron chi connectivity index (χ1n) is 3.59. The molecule has 0 N–H and O–H groups in total. The average Bonchev–Trinajstić information content (AvgIpc) is 1.73. The first-order valence-corrected chi connectivity index (χ1v) is 3.59. The summed E-state index contributed by atoms with van der Waals surface area (Å²) in [5, 5.41) is 10.2. The van der Waals surface area contributed by atoms with Gasteiger partial charge in [0.1, 0.15) is 11.9 Å². The van der Waals surface area contributed by atoms with Crippen molar-refractivity contribution in [3.63, 3.8) is 0 Å². The Labute approximate surface area is 63.8 Å². The molecule has 1 saturated heterocycles. The largest absolute Gasteiger partial charge is 0.530 e. The van der Waals surface area contributed by atoms with Gasteiger partial charge >= 0.3 is 0 Å². The first kappa shape index (κ1) is 6.64. The van der Waals surface area contributed by atoms with E-state index in [-0.39, 0.29) is 11.2 Å². The lowest BCUT2D eigenvalue weighted by molar-refractivity contribution is -0.277. The molecule has 4 nitrogen and oxygen atoms in total. The van der Waals surface area contributed by atoms with Gasteiger partial charge in [0.2, 0.25) is 0 Å². The summed E-state index contributed by atoms with van der Waals surface area (Å²) in [6.45, 7) is 1.00. The molecule has 2 fully saturated rings. The lowest BCUT2D eigenvalue weighted by atomic mass is 9.63. The standard InChI is InChI=1S/C7H9NO3/c9-5-1-7(2-5)3-8(4-7)6(10)11/h1-4H2,(H,10,11)/p-1. The number of nitrogens with zero attached hydrogens (tertiary/aromatic N) is 1. The molecule has 11 heavy (non-hydrogen) atoms. The Morgan fingerprint density at radius 2 is 2.00 bits per heavy atom. The number of rotatable bonds is 0. The quantitative estimate of drug-likeness (QED) is 0.449. The zero-order valence-electron chi connectivity index (χ0n) is 6.00. The van der Waals surface area contributed by atoms with Crippen LogP contribution >= 0.6 is 0 Å². The fourth-order valence-corrected chi connectivity index (χ4v) is 1.90. The van der Waals surface area contributed by atoms with Crippen LogP contribution in [0.15, 0.2) is 0 Å². The summed E-state index contributed by atoms with van der Waals surface area (Å²) < 4.78 is 0. The minimum Gasteiger partial charge on any atom is -0.530 e. The third-order valence-electron chi connectivity index (χ3n) is 2.46. The number of likely N-dealkylation sites (tertiary alicyclic amines) is 1. The van der Waals surface area contributed by atoms with Crippen LogP contribution < -0.4 is 5.11 Å². The maximum atomic E-state index is 10.6. The van der Waals surface area contributed by atoms with Crippen molar-refractivity contribution in [1.82, 2.24) is 4.90 Å². The molecule has 2 aliphatic rings. The molecule has 0 aromatic rings. The second kappa shape index (κ2) is 1.75. The van der Waals surface area contributed by atoms with E-state index >= 15 is 0 Å². The van der Waals surface area contributed by atoms with E-state index in [4.69, 9.17) is 0 Å². The van der Waals surface area contributed by atoms with E-state index in [0.29, 0.717) is 25.9 Å². The molecule has 0 bridgehead atoms. The van der Waals surface area contributed by atoms with Crippen molar-refractivity contribution in [2.45, 2.75) is 12.8 Å². The number of amides is 1. The van der Waals surface area contributed by atoms with Gasteiger partial charge in [0.25, 0.3) is 0 Å². The summed E-state index contributed by atoms with van der Waals surface area (Å²) in [6, 6.07) is 0. The third-order valence-corrected chi connectivity index (χ3v) is 2.46. The lowest BCUT2D eigenvalue weighted by Gasteiger charge is -2.55. The zero-order chi connectivity index (χ0) is 8.06. The van der Waals surface area contributed by atoms with Gasteiger partial charge in [-0.05, 0) is 0 Å². The second-order valence-corrected chi connectivity index (χ2v) is 3.51. The molecule has 1 aliphatic heterocycles. The van der Waals surface area contributed by atoms with Crippen LogP contribution in [0.1, 0.15) is 12.8 Å². The Bertz CT molecular complexity index is 220. The highest BCUT2D eigenvalue weighted by atomic mass is 16.4. The first-order chi connectivity index (χ1) is 5.11. The van der Waals surface area contributed by atoms with Crippen LogP contribution in [0.25, 0.3) is 0 Å². The number of Topliss-reactive ketones (excluding diaryl/α,β-unsaturated/α-hetero) is 1. The molecule has 60 valence electrons. The van der Waals surface area contributed by atoms with Crippen LogP contribution in [-0.4, -0.2) is 29.9 Å². The molecule has 2 rings (SSSR count). The van der Waals surface area contributed by atoms with Gasteiger partial charge in [-0.2, -0.15) is 0 Å². The maximum absolute atomic E-state index is 10.6. The van der Waals surface area contributed by atoms with Crippen molar-refractivity contribution in [1.29, 1.82) is 0 Å². The van der Waals surface area contributed by atoms with E-state index in [1.54, 1.807) is 0 Å². The van der Waals surface area contributed by atoms with Gasteiger partial charge in [-0.1, -0.05) is 0 Å². The number of hydrogen-bond donors (Lipinski definition) is 0. The minimum absolute atomic E-state index is 0.0250. The molecule has 0 aromatic heterocycles. The molecule has 0 radical (unpaired) electrons. The van der Waals surface area contributed by atoms with Crippen molar-refractivity contribution in [2.24, 2.45) is 5.41 Å². The van der Waals surface area contributed by atoms with Crippen molar-refractivity contribution in [2.75, 3.05) is 13.1 Å². The summed E-state index contributed by atoms with van der Waals surface area (Å²) in [7, 11) is 0. The fraction of sp³-hybridized carbons (Fsp3) is 0.714. The molecule has 0 atom stereocenters. The van der Waals surface area contributed by atoms with Crippen LogP contribution in [0.2, 0.25) is 0 Å². The molecule has 1 saturated carbocycles. The van der Waals surface area contributed by atoms with Gasteiger partial charge in [-0.3, -0.25) is 4.79 Å². The van der Waals surface area contributed by atoms with E-state index in [1.807, 2.05) is 0 Å². The van der Waals surface area contributed by atoms with Gasteiger partial charge in [-0.15, -0.1) is 0 Å². The Morgan fingerprint density at radius 3 is 2.36 bits per heavy atom. The predicted octanol–water partition coefficient (Wildman–Crippen LogP) is -1.01. The van der Waals surface area contributed by atoms with Gasteiger partial charge in [0, 0.05) is 31.3 Å². The van der Waals surface area contributed by atoms with Gasteiger partial charge in [0.15, 0.2) is 0 Å². The topological polar surface area (TPSA) is 60.4 Å². The van der Waals surface area contributed by atoms with E-state index in [0.717, 1.165) is 0 Å². The molecule has 1 amide bonds. The maximum Gasteiger partial charge on any atom is 0.136 e. The smallest absolute Gasteiger partial charge is 0.136 e. The van der Waals surface area contributed by atoms with E-state index in [1.165, 1.54) is 4.90 Å². The highest BCUT2D eigenvalue weighted by molar-refractivity contribution is 5.87. The number of ketones is 1. The predicted molar refractivity (Wildman–Crippen MR) is 33.6 cm³/mol. The fourth-order valence-electron chi connectivity index (χ4n) is 1.90. The van der Waals surface area contributed by atoms with Crippen LogP contribution in [-0.2, 0) is 4.79 Å². The second-order valence-electron chi connectivity index (χ2n) is 3.51. The Balaban J connectivity index is 1.89. The summed E-state index contributed by atoms with van der Waals surface area (Å²) in [5.41, 5.74) is 0.0250. The molecule has 4 heteroatoms. The average molecular weight is 154 g/mol. The number of carbonyl (C=O) groups excluding carboxylic acids is 2. The Morgan fingerprint density at radius 1 is 1.45 bits per heavy atom. The van der Waals surface area contributed by atoms with Crippen LogP contribution in [0, 0.1) is 5.41 Å². The van der Waals surface area contributed by atoms with Crippen molar-refractivity contribution >= 4 is 11.9 Å². The number of hydrogen-bond acceptors (Lipinski definition) is 3. The SMILES string of the molecule is O=C1CC2(C1)CN(C(=O)[O-])C2. The molecule has 0 aromatic carbocycles. The zero-order valence-corrected chi connectivity index (χ0v) is 6.00. The van der Waals surface area contributed by atoms with E-state index in [2.05, 4.69) is 0 Å². The number of carboxylic acid groups (broad SMARTS) is 1. The molecular weight excluding hydrogens is 146 g/mol. The summed E-state index contributed by atoms with van der Waals surface area (Å²) in [6.07, 6.45) is 0.0167. The molecule has 1 heterocycles. The van der Waals surface area contributed by atoms with Crippen molar-refractivity contribution in [3.8, 4) is 0 Å². The third kappa shape index (κ3) is 0.818. The Hall–Kier alpha value is -1.06. The normalized spacial score (nSPS) is 26.2. The molecule has 0 unspecified atom stereocenters. The van der Waals surface area contributed by atoms with Crippen LogP contribution in [0.5, 0.6) is 0 Å². The Kier molecular flexibility index (Phi) is 1.06. The molecular formula is C7H8NO3-. The van der Waals surface area contributed by atoms with E-state index < -0.39 is 6.09 Å². The summed E-state index contributed by atoms with van der Waals surface area (Å²) in [4.78, 5) is 22.1. The van der Waals surface area contributed by atoms with Crippen LogP contribution in [0.3, 0.4) is 0 Å². The molecule has 1 spiro atoms.